The zero-order valence-electron chi connectivity index (χ0n) is 12.8. The SMILES string of the molecule is COC(=O)C(C)(C)NC(=O)[C@H]1CNC[C@@H]1c1cnn(C)c1. The number of esters is 1. The van der Waals surface area contributed by atoms with Crippen LogP contribution in [0, 0.1) is 5.92 Å². The molecule has 0 aromatic carbocycles. The first kappa shape index (κ1) is 15.5. The first-order valence-electron chi connectivity index (χ1n) is 6.95. The minimum Gasteiger partial charge on any atom is -0.467 e. The highest BCUT2D eigenvalue weighted by Gasteiger charge is 2.39. The summed E-state index contributed by atoms with van der Waals surface area (Å²) < 4.78 is 6.43. The van der Waals surface area contributed by atoms with Crippen LogP contribution in [-0.4, -0.2) is 47.4 Å². The number of hydrogen-bond donors (Lipinski definition) is 2. The van der Waals surface area contributed by atoms with Gasteiger partial charge in [0.2, 0.25) is 5.91 Å². The van der Waals surface area contributed by atoms with Gasteiger partial charge in [0, 0.05) is 32.3 Å². The lowest BCUT2D eigenvalue weighted by molar-refractivity contribution is -0.149. The molecule has 0 spiro atoms. The van der Waals surface area contributed by atoms with Gasteiger partial charge in [-0.15, -0.1) is 0 Å². The lowest BCUT2D eigenvalue weighted by Crippen LogP contribution is -2.52. The van der Waals surface area contributed by atoms with E-state index in [2.05, 4.69) is 15.7 Å². The van der Waals surface area contributed by atoms with Crippen LogP contribution in [0.2, 0.25) is 0 Å². The fourth-order valence-corrected chi connectivity index (χ4v) is 2.64. The summed E-state index contributed by atoms with van der Waals surface area (Å²) in [6, 6.07) is 0. The fraction of sp³-hybridized carbons (Fsp3) is 0.643. The van der Waals surface area contributed by atoms with Gasteiger partial charge in [-0.3, -0.25) is 9.48 Å². The number of ether oxygens (including phenoxy) is 1. The number of methoxy groups -OCH3 is 1. The second-order valence-corrected chi connectivity index (χ2v) is 5.92. The Balaban J connectivity index is 2.09. The van der Waals surface area contributed by atoms with Gasteiger partial charge in [-0.2, -0.15) is 5.10 Å². The molecule has 7 heteroatoms. The molecule has 21 heavy (non-hydrogen) atoms. The quantitative estimate of drug-likeness (QED) is 0.751. The average Bonchev–Trinajstić information content (AvgIpc) is 3.05. The van der Waals surface area contributed by atoms with Crippen LogP contribution in [-0.2, 0) is 21.4 Å². The van der Waals surface area contributed by atoms with Crippen LogP contribution >= 0.6 is 0 Å². The van der Waals surface area contributed by atoms with Crippen LogP contribution in [0.1, 0.15) is 25.3 Å². The molecule has 0 radical (unpaired) electrons. The van der Waals surface area contributed by atoms with Crippen LogP contribution in [0.5, 0.6) is 0 Å². The molecular formula is C14H22N4O3. The number of amides is 1. The molecule has 2 rings (SSSR count). The van der Waals surface area contributed by atoms with Crippen LogP contribution in [0.3, 0.4) is 0 Å². The molecule has 116 valence electrons. The maximum atomic E-state index is 12.5. The van der Waals surface area contributed by atoms with E-state index in [1.165, 1.54) is 7.11 Å². The number of nitrogens with zero attached hydrogens (tertiary/aromatic N) is 2. The highest BCUT2D eigenvalue weighted by molar-refractivity contribution is 5.89. The molecule has 1 amide bonds. The molecule has 1 fully saturated rings. The Hall–Kier alpha value is -1.89. The van der Waals surface area contributed by atoms with E-state index < -0.39 is 11.5 Å². The van der Waals surface area contributed by atoms with Crippen molar-refractivity contribution in [3.63, 3.8) is 0 Å². The monoisotopic (exact) mass is 294 g/mol. The van der Waals surface area contributed by atoms with E-state index in [-0.39, 0.29) is 17.7 Å². The first-order valence-corrected chi connectivity index (χ1v) is 6.95. The number of carbonyl (C=O) groups excluding carboxylic acids is 2. The first-order chi connectivity index (χ1) is 9.85. The summed E-state index contributed by atoms with van der Waals surface area (Å²) in [6.45, 7) is 4.58. The Morgan fingerprint density at radius 2 is 2.19 bits per heavy atom. The molecule has 2 atom stereocenters. The Labute approximate surface area is 124 Å². The smallest absolute Gasteiger partial charge is 0.330 e. The number of rotatable bonds is 4. The third-order valence-electron chi connectivity index (χ3n) is 3.84. The van der Waals surface area contributed by atoms with Gasteiger partial charge in [0.15, 0.2) is 0 Å². The predicted molar refractivity (Wildman–Crippen MR) is 76.5 cm³/mol. The van der Waals surface area contributed by atoms with Crippen LogP contribution in [0.4, 0.5) is 0 Å². The zero-order chi connectivity index (χ0) is 15.6. The summed E-state index contributed by atoms with van der Waals surface area (Å²) in [6.07, 6.45) is 3.70. The number of hydrogen-bond acceptors (Lipinski definition) is 5. The molecule has 0 unspecified atom stereocenters. The Kier molecular flexibility index (Phi) is 4.32. The topological polar surface area (TPSA) is 85.2 Å². The highest BCUT2D eigenvalue weighted by Crippen LogP contribution is 2.28. The van der Waals surface area contributed by atoms with Gasteiger partial charge < -0.3 is 15.4 Å². The molecule has 1 aliphatic rings. The van der Waals surface area contributed by atoms with Gasteiger partial charge in [0.05, 0.1) is 19.2 Å². The lowest BCUT2D eigenvalue weighted by Gasteiger charge is -2.26. The summed E-state index contributed by atoms with van der Waals surface area (Å²) in [7, 11) is 3.16. The molecule has 0 bridgehead atoms. The second kappa shape index (κ2) is 5.85. The molecule has 0 saturated carbocycles. The van der Waals surface area contributed by atoms with E-state index in [0.717, 1.165) is 12.1 Å². The van der Waals surface area contributed by atoms with Crippen molar-refractivity contribution in [2.45, 2.75) is 25.3 Å². The largest absolute Gasteiger partial charge is 0.467 e. The number of aryl methyl sites for hydroxylation is 1. The standard InChI is InChI=1S/C14H22N4O3/c1-14(2,13(20)21-4)17-12(19)11-7-15-6-10(11)9-5-16-18(3)8-9/h5,8,10-11,15H,6-7H2,1-4H3,(H,17,19)/t10-,11+/m1/s1. The minimum atomic E-state index is -1.03. The molecule has 2 N–H and O–H groups in total. The average molecular weight is 294 g/mol. The van der Waals surface area contributed by atoms with Gasteiger partial charge in [-0.25, -0.2) is 4.79 Å². The van der Waals surface area contributed by atoms with E-state index >= 15 is 0 Å². The van der Waals surface area contributed by atoms with Gasteiger partial charge in [-0.05, 0) is 19.4 Å². The van der Waals surface area contributed by atoms with Gasteiger partial charge >= 0.3 is 5.97 Å². The normalized spacial score (nSPS) is 22.1. The van der Waals surface area contributed by atoms with Crippen molar-refractivity contribution < 1.29 is 14.3 Å². The maximum Gasteiger partial charge on any atom is 0.330 e. The third kappa shape index (κ3) is 3.24. The van der Waals surface area contributed by atoms with E-state index in [1.807, 2.05) is 13.2 Å². The molecule has 2 heterocycles. The zero-order valence-corrected chi connectivity index (χ0v) is 12.8. The Morgan fingerprint density at radius 3 is 2.76 bits per heavy atom. The van der Waals surface area contributed by atoms with Crippen molar-refractivity contribution in [1.29, 1.82) is 0 Å². The van der Waals surface area contributed by atoms with Crippen molar-refractivity contribution in [1.82, 2.24) is 20.4 Å². The van der Waals surface area contributed by atoms with E-state index in [1.54, 1.807) is 24.7 Å². The molecule has 0 aliphatic carbocycles. The highest BCUT2D eigenvalue weighted by atomic mass is 16.5. The lowest BCUT2D eigenvalue weighted by atomic mass is 9.89. The second-order valence-electron chi connectivity index (χ2n) is 5.92. The number of aromatic nitrogens is 2. The van der Waals surface area contributed by atoms with Crippen molar-refractivity contribution in [3.8, 4) is 0 Å². The molecule has 1 aromatic heterocycles. The number of carbonyl (C=O) groups is 2. The van der Waals surface area contributed by atoms with Crippen molar-refractivity contribution in [3.05, 3.63) is 18.0 Å². The summed E-state index contributed by atoms with van der Waals surface area (Å²) in [5.74, 6) is -0.769. The Morgan fingerprint density at radius 1 is 1.48 bits per heavy atom. The van der Waals surface area contributed by atoms with Gasteiger partial charge in [-0.1, -0.05) is 0 Å². The van der Waals surface area contributed by atoms with Crippen LogP contribution in [0.15, 0.2) is 12.4 Å². The summed E-state index contributed by atoms with van der Waals surface area (Å²) in [5.41, 5.74) is -0.00741. The molecule has 1 aliphatic heterocycles. The van der Waals surface area contributed by atoms with Crippen molar-refractivity contribution >= 4 is 11.9 Å². The number of nitrogens with one attached hydrogen (secondary N) is 2. The summed E-state index contributed by atoms with van der Waals surface area (Å²) in [5, 5.41) is 10.2. The molecule has 1 saturated heterocycles. The molecule has 7 nitrogen and oxygen atoms in total. The third-order valence-corrected chi connectivity index (χ3v) is 3.84. The van der Waals surface area contributed by atoms with Crippen molar-refractivity contribution in [2.75, 3.05) is 20.2 Å². The van der Waals surface area contributed by atoms with E-state index in [0.29, 0.717) is 6.54 Å². The predicted octanol–water partition coefficient (Wildman–Crippen LogP) is -0.209. The van der Waals surface area contributed by atoms with Gasteiger partial charge in [0.1, 0.15) is 5.54 Å². The summed E-state index contributed by atoms with van der Waals surface area (Å²) >= 11 is 0. The fourth-order valence-electron chi connectivity index (χ4n) is 2.64. The van der Waals surface area contributed by atoms with Crippen LogP contribution in [0.25, 0.3) is 0 Å². The Bertz CT molecular complexity index is 538. The molecular weight excluding hydrogens is 272 g/mol. The van der Waals surface area contributed by atoms with Crippen LogP contribution < -0.4 is 10.6 Å². The van der Waals surface area contributed by atoms with E-state index in [4.69, 9.17) is 4.74 Å². The van der Waals surface area contributed by atoms with E-state index in [9.17, 15) is 9.59 Å². The van der Waals surface area contributed by atoms with Gasteiger partial charge in [0.25, 0.3) is 0 Å². The molecule has 1 aromatic rings. The minimum absolute atomic E-state index is 0.0622. The maximum absolute atomic E-state index is 12.5. The van der Waals surface area contributed by atoms with Crippen molar-refractivity contribution in [2.24, 2.45) is 13.0 Å². The summed E-state index contributed by atoms with van der Waals surface area (Å²) in [4.78, 5) is 24.2.